The molecule has 1 N–H and O–H groups in total. The van der Waals surface area contributed by atoms with Crippen molar-refractivity contribution in [3.63, 3.8) is 0 Å². The van der Waals surface area contributed by atoms with Crippen molar-refractivity contribution in [2.24, 2.45) is 0 Å². The molecule has 0 rings (SSSR count). The second kappa shape index (κ2) is 7.88. The first-order valence-corrected chi connectivity index (χ1v) is 6.49. The monoisotopic (exact) mass is 261 g/mol. The van der Waals surface area contributed by atoms with E-state index in [0.717, 1.165) is 0 Å². The zero-order chi connectivity index (χ0) is 12.6. The van der Waals surface area contributed by atoms with Gasteiger partial charge in [0.05, 0.1) is 25.5 Å². The van der Waals surface area contributed by atoms with Gasteiger partial charge in [-0.15, -0.1) is 0 Å². The molecule has 0 saturated heterocycles. The van der Waals surface area contributed by atoms with E-state index in [1.54, 1.807) is 6.92 Å². The normalized spacial score (nSPS) is 12.6. The topological polar surface area (TPSA) is 66.8 Å². The number of sulfonamides is 1. The molecule has 0 aliphatic carbocycles. The van der Waals surface area contributed by atoms with E-state index in [4.69, 9.17) is 9.84 Å². The lowest BCUT2D eigenvalue weighted by molar-refractivity contribution is 0.112. The van der Waals surface area contributed by atoms with Crippen molar-refractivity contribution in [3.05, 3.63) is 0 Å². The van der Waals surface area contributed by atoms with Gasteiger partial charge in [-0.1, -0.05) is 0 Å². The van der Waals surface area contributed by atoms with Crippen LogP contribution in [-0.2, 0) is 14.8 Å². The van der Waals surface area contributed by atoms with Crippen LogP contribution < -0.4 is 0 Å². The number of ether oxygens (including phenoxy) is 1. The SMILES string of the molecule is CCOCCS(=O)(=O)N(CCO)CC(F)F. The van der Waals surface area contributed by atoms with Gasteiger partial charge in [0.15, 0.2) is 0 Å². The Bertz CT molecular complexity index is 271. The summed E-state index contributed by atoms with van der Waals surface area (Å²) in [5.74, 6) is -0.354. The van der Waals surface area contributed by atoms with Crippen molar-refractivity contribution in [1.29, 1.82) is 0 Å². The summed E-state index contributed by atoms with van der Waals surface area (Å²) < 4.78 is 52.7. The lowest BCUT2D eigenvalue weighted by Gasteiger charge is -2.20. The second-order valence-corrected chi connectivity index (χ2v) is 5.07. The Morgan fingerprint density at radius 1 is 1.44 bits per heavy atom. The highest BCUT2D eigenvalue weighted by atomic mass is 32.2. The average Bonchev–Trinajstić information content (AvgIpc) is 2.16. The molecule has 0 amide bonds. The van der Waals surface area contributed by atoms with Crippen LogP contribution in [0.1, 0.15) is 6.92 Å². The maximum absolute atomic E-state index is 12.1. The van der Waals surface area contributed by atoms with Crippen LogP contribution in [0.25, 0.3) is 0 Å². The largest absolute Gasteiger partial charge is 0.395 e. The van der Waals surface area contributed by atoms with Gasteiger partial charge in [0.1, 0.15) is 0 Å². The van der Waals surface area contributed by atoms with Crippen molar-refractivity contribution in [2.45, 2.75) is 13.3 Å². The first kappa shape index (κ1) is 15.7. The Kier molecular flexibility index (Phi) is 7.73. The van der Waals surface area contributed by atoms with Crippen molar-refractivity contribution >= 4 is 10.0 Å². The van der Waals surface area contributed by atoms with E-state index in [0.29, 0.717) is 10.9 Å². The van der Waals surface area contributed by atoms with Crippen molar-refractivity contribution in [3.8, 4) is 0 Å². The molecule has 8 heteroatoms. The van der Waals surface area contributed by atoms with Crippen LogP contribution in [0.4, 0.5) is 8.78 Å². The van der Waals surface area contributed by atoms with Gasteiger partial charge >= 0.3 is 0 Å². The maximum atomic E-state index is 12.1. The van der Waals surface area contributed by atoms with Crippen LogP contribution >= 0.6 is 0 Å². The van der Waals surface area contributed by atoms with Crippen molar-refractivity contribution in [1.82, 2.24) is 4.31 Å². The van der Waals surface area contributed by atoms with Crippen LogP contribution in [0, 0.1) is 0 Å². The lowest BCUT2D eigenvalue weighted by atomic mass is 10.6. The van der Waals surface area contributed by atoms with Crippen LogP contribution in [0.3, 0.4) is 0 Å². The summed E-state index contributed by atoms with van der Waals surface area (Å²) >= 11 is 0. The van der Waals surface area contributed by atoms with Crippen LogP contribution in [0.5, 0.6) is 0 Å². The van der Waals surface area contributed by atoms with Gasteiger partial charge in [-0.3, -0.25) is 0 Å². The fourth-order valence-corrected chi connectivity index (χ4v) is 2.33. The van der Waals surface area contributed by atoms with E-state index in [9.17, 15) is 17.2 Å². The third kappa shape index (κ3) is 6.31. The number of aliphatic hydroxyl groups is 1. The molecule has 0 aliphatic heterocycles. The van der Waals surface area contributed by atoms with Crippen molar-refractivity contribution in [2.75, 3.05) is 38.7 Å². The smallest absolute Gasteiger partial charge is 0.252 e. The quantitative estimate of drug-likeness (QED) is 0.589. The first-order chi connectivity index (χ1) is 7.44. The third-order valence-corrected chi connectivity index (χ3v) is 3.58. The number of hydrogen-bond acceptors (Lipinski definition) is 4. The van der Waals surface area contributed by atoms with Gasteiger partial charge in [0.25, 0.3) is 6.43 Å². The van der Waals surface area contributed by atoms with Gasteiger partial charge in [0, 0.05) is 13.2 Å². The molecule has 16 heavy (non-hydrogen) atoms. The number of aliphatic hydroxyl groups excluding tert-OH is 1. The van der Waals surface area contributed by atoms with Gasteiger partial charge < -0.3 is 9.84 Å². The minimum atomic E-state index is -3.78. The zero-order valence-electron chi connectivity index (χ0n) is 9.10. The maximum Gasteiger partial charge on any atom is 0.252 e. The number of alkyl halides is 2. The Morgan fingerprint density at radius 3 is 2.50 bits per heavy atom. The highest BCUT2D eigenvalue weighted by molar-refractivity contribution is 7.89. The van der Waals surface area contributed by atoms with Crippen LogP contribution in [-0.4, -0.2) is 62.9 Å². The molecule has 0 aromatic carbocycles. The number of halogens is 2. The Morgan fingerprint density at radius 2 is 2.06 bits per heavy atom. The third-order valence-electron chi connectivity index (χ3n) is 1.77. The summed E-state index contributed by atoms with van der Waals surface area (Å²) in [6.45, 7) is 0.333. The van der Waals surface area contributed by atoms with Gasteiger partial charge in [-0.05, 0) is 6.92 Å². The average molecular weight is 261 g/mol. The van der Waals surface area contributed by atoms with Gasteiger partial charge in [-0.2, -0.15) is 4.31 Å². The number of rotatable bonds is 9. The Hall–Kier alpha value is -0.310. The highest BCUT2D eigenvalue weighted by Gasteiger charge is 2.24. The molecule has 5 nitrogen and oxygen atoms in total. The van der Waals surface area contributed by atoms with E-state index in [-0.39, 0.29) is 18.9 Å². The fourth-order valence-electron chi connectivity index (χ4n) is 1.05. The molecular weight excluding hydrogens is 244 g/mol. The highest BCUT2D eigenvalue weighted by Crippen LogP contribution is 2.05. The van der Waals surface area contributed by atoms with E-state index < -0.39 is 29.6 Å². The molecule has 0 radical (unpaired) electrons. The summed E-state index contributed by atoms with van der Waals surface area (Å²) in [6, 6.07) is 0. The second-order valence-electron chi connectivity index (χ2n) is 2.99. The minimum Gasteiger partial charge on any atom is -0.395 e. The lowest BCUT2D eigenvalue weighted by Crippen LogP contribution is -2.39. The predicted octanol–water partition coefficient (Wildman–Crippen LogP) is -0.0879. The molecule has 0 atom stereocenters. The van der Waals surface area contributed by atoms with Gasteiger partial charge in [-0.25, -0.2) is 17.2 Å². The minimum absolute atomic E-state index is 0.0377. The summed E-state index contributed by atoms with van der Waals surface area (Å²) in [5.41, 5.74) is 0. The molecule has 0 aliphatic rings. The Balaban J connectivity index is 4.37. The number of nitrogens with zero attached hydrogens (tertiary/aromatic N) is 1. The summed E-state index contributed by atoms with van der Waals surface area (Å²) in [5, 5.41) is 8.60. The van der Waals surface area contributed by atoms with Crippen LogP contribution in [0.2, 0.25) is 0 Å². The molecular formula is C8H17F2NO4S. The standard InChI is InChI=1S/C8H17F2NO4S/c1-2-15-5-6-16(13,14)11(3-4-12)7-8(9)10/h8,12H,2-7H2,1H3. The number of hydrogen-bond donors (Lipinski definition) is 1. The molecule has 0 unspecified atom stereocenters. The molecule has 0 bridgehead atoms. The molecule has 0 heterocycles. The summed E-state index contributed by atoms with van der Waals surface area (Å²) in [7, 11) is -3.78. The molecule has 0 aromatic rings. The van der Waals surface area contributed by atoms with E-state index in [1.807, 2.05) is 0 Å². The molecule has 0 saturated carbocycles. The van der Waals surface area contributed by atoms with E-state index >= 15 is 0 Å². The fraction of sp³-hybridized carbons (Fsp3) is 1.00. The summed E-state index contributed by atoms with van der Waals surface area (Å²) in [6.07, 6.45) is -2.76. The van der Waals surface area contributed by atoms with Crippen molar-refractivity contribution < 1.29 is 27.0 Å². The molecule has 0 spiro atoms. The molecule has 0 aromatic heterocycles. The van der Waals surface area contributed by atoms with E-state index in [1.165, 1.54) is 0 Å². The zero-order valence-corrected chi connectivity index (χ0v) is 9.92. The van der Waals surface area contributed by atoms with E-state index in [2.05, 4.69) is 0 Å². The Labute approximate surface area is 94.1 Å². The first-order valence-electron chi connectivity index (χ1n) is 4.88. The molecule has 98 valence electrons. The summed E-state index contributed by atoms with van der Waals surface area (Å²) in [4.78, 5) is 0. The molecule has 0 fully saturated rings. The van der Waals surface area contributed by atoms with Gasteiger partial charge in [0.2, 0.25) is 10.0 Å². The van der Waals surface area contributed by atoms with Crippen LogP contribution in [0.15, 0.2) is 0 Å². The predicted molar refractivity (Wildman–Crippen MR) is 54.9 cm³/mol.